The lowest BCUT2D eigenvalue weighted by Gasteiger charge is -2.36. The molecule has 3 aromatic carbocycles. The summed E-state index contributed by atoms with van der Waals surface area (Å²) in [5.41, 5.74) is 3.31. The number of thiocarbonyl (C=S) groups is 1. The van der Waals surface area contributed by atoms with Gasteiger partial charge in [-0.15, -0.1) is 25.3 Å². The van der Waals surface area contributed by atoms with Gasteiger partial charge in [-0.3, -0.25) is 0 Å². The lowest BCUT2D eigenvalue weighted by Crippen LogP contribution is -2.44. The lowest BCUT2D eigenvalue weighted by atomic mass is 9.80. The minimum Gasteiger partial charge on any atom is -0.388 e. The summed E-state index contributed by atoms with van der Waals surface area (Å²) in [6.45, 7) is 4.63. The molecule has 7 heteroatoms. The predicted octanol–water partition coefficient (Wildman–Crippen LogP) is 5.62. The molecule has 33 heavy (non-hydrogen) atoms. The molecular formula is C26H29N3OS3. The van der Waals surface area contributed by atoms with Crippen molar-refractivity contribution in [1.82, 2.24) is 10.6 Å². The molecule has 3 rings (SSSR count). The fourth-order valence-electron chi connectivity index (χ4n) is 3.73. The molecule has 3 aromatic rings. The fraction of sp³-hybridized carbons (Fsp3) is 0.269. The van der Waals surface area contributed by atoms with Gasteiger partial charge < -0.3 is 15.7 Å². The van der Waals surface area contributed by atoms with Crippen LogP contribution in [0.5, 0.6) is 0 Å². The van der Waals surface area contributed by atoms with Gasteiger partial charge in [0, 0.05) is 41.4 Å². The molecule has 0 fully saturated rings. The number of aliphatic imine (C=N–C) groups is 1. The number of benzene rings is 3. The molecular weight excluding hydrogens is 467 g/mol. The largest absolute Gasteiger partial charge is 0.388 e. The first-order valence-electron chi connectivity index (χ1n) is 10.7. The van der Waals surface area contributed by atoms with E-state index in [-0.39, 0.29) is 0 Å². The molecule has 0 heterocycles. The Hall–Kier alpha value is -1.96. The Bertz CT molecular complexity index is 1050. The highest BCUT2D eigenvalue weighted by Crippen LogP contribution is 2.34. The molecule has 1 unspecified atom stereocenters. The zero-order chi connectivity index (χ0) is 23.7. The van der Waals surface area contributed by atoms with Crippen LogP contribution < -0.4 is 10.6 Å². The molecule has 0 saturated heterocycles. The maximum atomic E-state index is 11.4. The summed E-state index contributed by atoms with van der Waals surface area (Å²) < 4.78 is 0. The van der Waals surface area contributed by atoms with Gasteiger partial charge in [-0.05, 0) is 53.2 Å². The second-order valence-corrected chi connectivity index (χ2v) is 9.46. The Balaban J connectivity index is 1.73. The van der Waals surface area contributed by atoms with Crippen LogP contribution in [-0.4, -0.2) is 23.4 Å². The second kappa shape index (κ2) is 12.5. The fourth-order valence-corrected chi connectivity index (χ4v) is 4.31. The Labute approximate surface area is 212 Å². The SMILES string of the molecule is CC(CNCc1ccccc1S)(CNCc1ccccc1S)C(O)c1ccc(N=C=S)cc1. The van der Waals surface area contributed by atoms with E-state index in [9.17, 15) is 5.11 Å². The van der Waals surface area contributed by atoms with E-state index in [1.54, 1.807) is 0 Å². The van der Waals surface area contributed by atoms with Crippen molar-refractivity contribution in [2.75, 3.05) is 13.1 Å². The van der Waals surface area contributed by atoms with Gasteiger partial charge in [0.1, 0.15) is 0 Å². The normalized spacial score (nSPS) is 12.2. The van der Waals surface area contributed by atoms with Crippen LogP contribution in [0.3, 0.4) is 0 Å². The zero-order valence-electron chi connectivity index (χ0n) is 18.5. The first kappa shape index (κ1) is 25.7. The van der Waals surface area contributed by atoms with Crippen molar-refractivity contribution < 1.29 is 5.11 Å². The van der Waals surface area contributed by atoms with Crippen LogP contribution in [0.25, 0.3) is 0 Å². The number of isothiocyanates is 1. The maximum Gasteiger partial charge on any atom is 0.0867 e. The molecule has 0 radical (unpaired) electrons. The highest BCUT2D eigenvalue weighted by atomic mass is 32.1. The van der Waals surface area contributed by atoms with E-state index >= 15 is 0 Å². The molecule has 172 valence electrons. The van der Waals surface area contributed by atoms with E-state index in [0.717, 1.165) is 32.2 Å². The van der Waals surface area contributed by atoms with E-state index in [1.807, 2.05) is 60.7 Å². The number of rotatable bonds is 11. The van der Waals surface area contributed by atoms with Gasteiger partial charge in [-0.2, -0.15) is 4.99 Å². The van der Waals surface area contributed by atoms with Crippen molar-refractivity contribution in [3.63, 3.8) is 0 Å². The van der Waals surface area contributed by atoms with Crippen LogP contribution in [0.1, 0.15) is 29.7 Å². The van der Waals surface area contributed by atoms with Gasteiger partial charge in [0.25, 0.3) is 0 Å². The lowest BCUT2D eigenvalue weighted by molar-refractivity contribution is 0.0352. The van der Waals surface area contributed by atoms with Gasteiger partial charge in [-0.25, -0.2) is 0 Å². The number of nitrogens with one attached hydrogen (secondary N) is 2. The van der Waals surface area contributed by atoms with Gasteiger partial charge in [0.2, 0.25) is 0 Å². The van der Waals surface area contributed by atoms with Crippen LogP contribution in [0.2, 0.25) is 0 Å². The minimum atomic E-state index is -0.694. The van der Waals surface area contributed by atoms with Crippen molar-refractivity contribution in [3.05, 3.63) is 89.5 Å². The second-order valence-electron chi connectivity index (χ2n) is 8.32. The molecule has 4 nitrogen and oxygen atoms in total. The van der Waals surface area contributed by atoms with Gasteiger partial charge in [-0.1, -0.05) is 55.5 Å². The number of hydrogen-bond acceptors (Lipinski definition) is 7. The van der Waals surface area contributed by atoms with E-state index in [2.05, 4.69) is 77.3 Å². The number of aliphatic hydroxyl groups is 1. The van der Waals surface area contributed by atoms with Gasteiger partial charge in [0.15, 0.2) is 0 Å². The number of hydrogen-bond donors (Lipinski definition) is 5. The number of nitrogens with zero attached hydrogens (tertiary/aromatic N) is 1. The molecule has 0 bridgehead atoms. The van der Waals surface area contributed by atoms with Crippen molar-refractivity contribution >= 4 is 48.3 Å². The van der Waals surface area contributed by atoms with Crippen LogP contribution in [-0.2, 0) is 13.1 Å². The van der Waals surface area contributed by atoms with E-state index in [1.165, 1.54) is 0 Å². The molecule has 0 saturated carbocycles. The average Bonchev–Trinajstić information content (AvgIpc) is 2.82. The Morgan fingerprint density at radius 1 is 0.879 bits per heavy atom. The van der Waals surface area contributed by atoms with E-state index < -0.39 is 11.5 Å². The summed E-state index contributed by atoms with van der Waals surface area (Å²) in [5, 5.41) is 20.8. The van der Waals surface area contributed by atoms with Crippen LogP contribution in [0.4, 0.5) is 5.69 Å². The third-order valence-electron chi connectivity index (χ3n) is 5.72. The summed E-state index contributed by atoms with van der Waals surface area (Å²) in [6, 6.07) is 23.5. The van der Waals surface area contributed by atoms with Crippen molar-refractivity contribution in [2.45, 2.75) is 35.9 Å². The summed E-state index contributed by atoms with van der Waals surface area (Å²) in [7, 11) is 0. The molecule has 0 aromatic heterocycles. The third kappa shape index (κ3) is 7.26. The highest BCUT2D eigenvalue weighted by molar-refractivity contribution is 7.80. The molecule has 0 aliphatic rings. The summed E-state index contributed by atoms with van der Waals surface area (Å²) >= 11 is 13.8. The Morgan fingerprint density at radius 3 is 1.82 bits per heavy atom. The van der Waals surface area contributed by atoms with Gasteiger partial charge >= 0.3 is 0 Å². The number of aliphatic hydroxyl groups excluding tert-OH is 1. The maximum absolute atomic E-state index is 11.4. The molecule has 0 spiro atoms. The summed E-state index contributed by atoms with van der Waals surface area (Å²) in [4.78, 5) is 5.90. The first-order valence-corrected chi connectivity index (χ1v) is 12.0. The smallest absolute Gasteiger partial charge is 0.0867 e. The van der Waals surface area contributed by atoms with E-state index in [0.29, 0.717) is 26.2 Å². The van der Waals surface area contributed by atoms with Crippen molar-refractivity contribution in [3.8, 4) is 0 Å². The monoisotopic (exact) mass is 495 g/mol. The van der Waals surface area contributed by atoms with Crippen LogP contribution >= 0.6 is 37.5 Å². The number of thiol groups is 2. The predicted molar refractivity (Wildman–Crippen MR) is 145 cm³/mol. The molecule has 1 atom stereocenters. The van der Waals surface area contributed by atoms with Crippen molar-refractivity contribution in [2.24, 2.45) is 10.4 Å². The average molecular weight is 496 g/mol. The first-order chi connectivity index (χ1) is 15.9. The quantitative estimate of drug-likeness (QED) is 0.136. The molecule has 0 amide bonds. The zero-order valence-corrected chi connectivity index (χ0v) is 21.1. The van der Waals surface area contributed by atoms with Gasteiger partial charge in [0.05, 0.1) is 17.0 Å². The standard InChI is InChI=1S/C26H29N3OS3/c1-26(16-27-14-20-6-2-4-8-23(20)32,17-28-15-21-7-3-5-9-24(21)33)25(30)19-10-12-22(13-11-19)29-18-31/h2-13,25,27-28,30,32-33H,14-17H2,1H3. The minimum absolute atomic E-state index is 0.480. The Kier molecular flexibility index (Phi) is 9.71. The highest BCUT2D eigenvalue weighted by Gasteiger charge is 2.33. The third-order valence-corrected chi connectivity index (χ3v) is 6.68. The Morgan fingerprint density at radius 2 is 1.36 bits per heavy atom. The summed E-state index contributed by atoms with van der Waals surface area (Å²) in [5.74, 6) is 0. The molecule has 0 aliphatic heterocycles. The van der Waals surface area contributed by atoms with Crippen molar-refractivity contribution in [1.29, 1.82) is 0 Å². The summed E-state index contributed by atoms with van der Waals surface area (Å²) in [6.07, 6.45) is -0.694. The van der Waals surface area contributed by atoms with Crippen LogP contribution in [0, 0.1) is 5.41 Å². The van der Waals surface area contributed by atoms with Crippen LogP contribution in [0.15, 0.2) is 87.6 Å². The molecule has 3 N–H and O–H groups in total. The molecule has 0 aliphatic carbocycles. The van der Waals surface area contributed by atoms with E-state index in [4.69, 9.17) is 0 Å². The topological polar surface area (TPSA) is 56.6 Å².